The van der Waals surface area contributed by atoms with Gasteiger partial charge >= 0.3 is 0 Å². The van der Waals surface area contributed by atoms with Crippen LogP contribution in [0.5, 0.6) is 0 Å². The second-order valence-electron chi connectivity index (χ2n) is 29.6. The molecular formula is C63H110N6O8. The van der Waals surface area contributed by atoms with E-state index in [1.165, 1.54) is 12.8 Å². The molecule has 2 aliphatic heterocycles. The number of likely N-dealkylation sites (N-methyl/N-ethyl adjacent to an activating group) is 2. The molecule has 7 aliphatic rings. The van der Waals surface area contributed by atoms with Crippen molar-refractivity contribution >= 4 is 29.5 Å². The largest absolute Gasteiger partial charge is 0.396 e. The van der Waals surface area contributed by atoms with Crippen LogP contribution in [0.15, 0.2) is 0 Å². The molecule has 2 heterocycles. The lowest BCUT2D eigenvalue weighted by Crippen LogP contribution is -2.68. The van der Waals surface area contributed by atoms with E-state index < -0.39 is 36.1 Å². The zero-order chi connectivity index (χ0) is 57.3. The first-order valence-corrected chi connectivity index (χ1v) is 30.8. The number of carbonyl (C=O) groups is 5. The highest BCUT2D eigenvalue weighted by Crippen LogP contribution is 2.78. The summed E-state index contributed by atoms with van der Waals surface area (Å²) in [4.78, 5) is 79.8. The van der Waals surface area contributed by atoms with E-state index in [1.54, 1.807) is 19.1 Å². The van der Waals surface area contributed by atoms with Gasteiger partial charge in [0.15, 0.2) is 0 Å². The van der Waals surface area contributed by atoms with E-state index in [0.717, 1.165) is 57.8 Å². The van der Waals surface area contributed by atoms with Crippen molar-refractivity contribution in [1.82, 2.24) is 30.2 Å². The SMILES string of the molecule is CC[C@H](C)[C@@H]([C@H](CO)CC(=O)N1CCCC1[C@H](OC)[C@@H](C)C(=O)NCCN1C(=O)[C@]23CCC(C)(C)C1C2C1CCC2[C@@]4(C)CC[C@H](O)C(C)(C)C4CC[C@@]2(C)[C@]1(C)CC3)N(C)C(=O)[C@@H](NC(=O)[C@H](C(C)C)N(C)C)C(C)C. The highest BCUT2D eigenvalue weighted by Gasteiger charge is 2.75. The number of nitrogens with zero attached hydrogens (tertiary/aromatic N) is 4. The third-order valence-electron chi connectivity index (χ3n) is 24.1. The molecule has 440 valence electrons. The molecule has 14 heteroatoms. The van der Waals surface area contributed by atoms with Gasteiger partial charge < -0.3 is 40.3 Å². The fourth-order valence-electron chi connectivity index (χ4n) is 19.7. The first-order valence-electron chi connectivity index (χ1n) is 30.8. The number of likely N-dealkylation sites (tertiary alicyclic amines) is 2. The maximum absolute atomic E-state index is 15.3. The minimum atomic E-state index is -0.791. The molecule has 4 N–H and O–H groups in total. The van der Waals surface area contributed by atoms with E-state index in [4.69, 9.17) is 4.74 Å². The van der Waals surface area contributed by atoms with Crippen molar-refractivity contribution in [2.75, 3.05) is 54.5 Å². The lowest BCUT2D eigenvalue weighted by atomic mass is 9.31. The molecule has 5 aliphatic carbocycles. The van der Waals surface area contributed by atoms with Crippen LogP contribution in [0.4, 0.5) is 0 Å². The molecule has 2 saturated heterocycles. The quantitative estimate of drug-likeness (QED) is 0.0935. The summed E-state index contributed by atoms with van der Waals surface area (Å²) in [5.41, 5.74) is -0.0439. The van der Waals surface area contributed by atoms with Gasteiger partial charge in [-0.15, -0.1) is 0 Å². The van der Waals surface area contributed by atoms with Crippen LogP contribution in [0, 0.1) is 85.8 Å². The minimum Gasteiger partial charge on any atom is -0.396 e. The Morgan fingerprint density at radius 1 is 0.805 bits per heavy atom. The summed E-state index contributed by atoms with van der Waals surface area (Å²) in [5, 5.41) is 28.6. The molecule has 77 heavy (non-hydrogen) atoms. The van der Waals surface area contributed by atoms with E-state index in [-0.39, 0.29) is 111 Å². The Kier molecular flexibility index (Phi) is 18.3. The Morgan fingerprint density at radius 2 is 1.47 bits per heavy atom. The summed E-state index contributed by atoms with van der Waals surface area (Å²) in [5.74, 6) is -0.0112. The molecule has 0 aromatic rings. The van der Waals surface area contributed by atoms with E-state index in [0.29, 0.717) is 56.1 Å². The smallest absolute Gasteiger partial charge is 0.245 e. The van der Waals surface area contributed by atoms with Crippen molar-refractivity contribution in [3.05, 3.63) is 0 Å². The fourth-order valence-corrected chi connectivity index (χ4v) is 19.7. The predicted molar refractivity (Wildman–Crippen MR) is 304 cm³/mol. The molecular weight excluding hydrogens is 969 g/mol. The van der Waals surface area contributed by atoms with Gasteiger partial charge in [0.25, 0.3) is 0 Å². The Morgan fingerprint density at radius 3 is 2.06 bits per heavy atom. The number of carbonyl (C=O) groups excluding carboxylic acids is 5. The normalized spacial score (nSPS) is 36.9. The van der Waals surface area contributed by atoms with E-state index in [9.17, 15) is 29.4 Å². The Hall–Kier alpha value is -2.81. The summed E-state index contributed by atoms with van der Waals surface area (Å²) in [6, 6.07) is -1.94. The van der Waals surface area contributed by atoms with Crippen LogP contribution in [-0.4, -0.2) is 156 Å². The molecule has 0 radical (unpaired) electrons. The molecule has 18 atom stereocenters. The van der Waals surface area contributed by atoms with Gasteiger partial charge in [-0.1, -0.05) is 103 Å². The van der Waals surface area contributed by atoms with Gasteiger partial charge in [-0.2, -0.15) is 0 Å². The zero-order valence-corrected chi connectivity index (χ0v) is 51.6. The topological polar surface area (TPSA) is 172 Å². The molecule has 5 saturated carbocycles. The molecule has 0 aromatic carbocycles. The third kappa shape index (κ3) is 10.4. The molecule has 7 fully saturated rings. The van der Waals surface area contributed by atoms with Crippen molar-refractivity contribution in [1.29, 1.82) is 0 Å². The first kappa shape index (κ1) is 61.8. The van der Waals surface area contributed by atoms with Crippen molar-refractivity contribution in [2.45, 2.75) is 229 Å². The summed E-state index contributed by atoms with van der Waals surface area (Å²) in [6.07, 6.45) is 12.0. The van der Waals surface area contributed by atoms with Crippen LogP contribution in [0.2, 0.25) is 0 Å². The van der Waals surface area contributed by atoms with E-state index in [2.05, 4.69) is 64.0 Å². The number of aliphatic hydroxyl groups is 2. The standard InChI is InChI=1S/C63H110N6O8/c1-19-39(6)51(67(17)56(75)49(37(2)3)65-55(74)50(38(4)5)66(15)16)41(36-70)35-47(72)68-33-20-21-43(68)52(77-18)40(7)54(73)64-32-34-69-53-48-42-22-23-45-60(12)26-25-46(71)59(10,11)44(60)24-27-62(45,14)61(42,13)29-31-63(48,57(69)76)30-28-58(53,8)9/h37-46,48-53,70-71H,19-36H2,1-18H3,(H,64,73)(H,65,74)/t39-,40+,41-,42?,43?,44?,45?,46-,48?,49-,50-,51-,52+,53?,60-,61+,62+,63-/m0/s1. The van der Waals surface area contributed by atoms with Crippen LogP contribution in [0.1, 0.15) is 187 Å². The van der Waals surface area contributed by atoms with Crippen molar-refractivity contribution in [2.24, 2.45) is 85.8 Å². The number of methoxy groups -OCH3 is 1. The second kappa shape index (κ2) is 22.9. The zero-order valence-electron chi connectivity index (χ0n) is 51.6. The molecule has 0 aromatic heterocycles. The van der Waals surface area contributed by atoms with Crippen LogP contribution in [0.25, 0.3) is 0 Å². The maximum Gasteiger partial charge on any atom is 0.245 e. The van der Waals surface area contributed by atoms with Crippen molar-refractivity contribution < 1.29 is 38.9 Å². The summed E-state index contributed by atoms with van der Waals surface area (Å²) in [7, 11) is 7.06. The summed E-state index contributed by atoms with van der Waals surface area (Å²) in [6.45, 7) is 32.0. The molecule has 14 nitrogen and oxygen atoms in total. The van der Waals surface area contributed by atoms with E-state index in [1.807, 2.05) is 72.4 Å². The van der Waals surface area contributed by atoms with Gasteiger partial charge in [0, 0.05) is 64.8 Å². The fraction of sp³-hybridized carbons (Fsp3) is 0.921. The number of amides is 5. The molecule has 6 unspecified atom stereocenters. The van der Waals surface area contributed by atoms with Crippen LogP contribution in [-0.2, 0) is 28.7 Å². The monoisotopic (exact) mass is 1080 g/mol. The third-order valence-corrected chi connectivity index (χ3v) is 24.1. The molecule has 0 spiro atoms. The highest BCUT2D eigenvalue weighted by molar-refractivity contribution is 5.90. The number of fused-ring (bicyclic) bond motifs is 5. The number of aliphatic hydroxyl groups excluding tert-OH is 2. The van der Waals surface area contributed by atoms with Gasteiger partial charge in [-0.05, 0) is 160 Å². The Balaban J connectivity index is 1.02. The van der Waals surface area contributed by atoms with Crippen LogP contribution < -0.4 is 10.6 Å². The Bertz CT molecular complexity index is 2140. The van der Waals surface area contributed by atoms with Gasteiger partial charge in [-0.3, -0.25) is 28.9 Å². The maximum atomic E-state index is 15.3. The van der Waals surface area contributed by atoms with Crippen molar-refractivity contribution in [3.8, 4) is 0 Å². The average Bonchev–Trinajstić information content (AvgIpc) is 3.96. The average molecular weight is 1080 g/mol. The lowest BCUT2D eigenvalue weighted by Gasteiger charge is -2.73. The predicted octanol–water partition coefficient (Wildman–Crippen LogP) is 8.41. The summed E-state index contributed by atoms with van der Waals surface area (Å²) >= 11 is 0. The number of hydrogen-bond acceptors (Lipinski definition) is 9. The number of rotatable bonds is 20. The lowest BCUT2D eigenvalue weighted by molar-refractivity contribution is -0.250. The van der Waals surface area contributed by atoms with Gasteiger partial charge in [0.2, 0.25) is 29.5 Å². The van der Waals surface area contributed by atoms with Gasteiger partial charge in [0.1, 0.15) is 6.04 Å². The molecule has 5 amide bonds. The van der Waals surface area contributed by atoms with Gasteiger partial charge in [-0.25, -0.2) is 0 Å². The number of ether oxygens (including phenoxy) is 1. The van der Waals surface area contributed by atoms with Crippen LogP contribution >= 0.6 is 0 Å². The second-order valence-corrected chi connectivity index (χ2v) is 29.6. The van der Waals surface area contributed by atoms with Crippen molar-refractivity contribution in [3.63, 3.8) is 0 Å². The molecule has 2 bridgehead atoms. The van der Waals surface area contributed by atoms with Crippen LogP contribution in [0.3, 0.4) is 0 Å². The number of nitrogens with one attached hydrogen (secondary N) is 2. The molecule has 7 rings (SSSR count). The Labute approximate surface area is 466 Å². The minimum absolute atomic E-state index is 0.0122. The summed E-state index contributed by atoms with van der Waals surface area (Å²) < 4.78 is 6.16. The van der Waals surface area contributed by atoms with E-state index >= 15 is 4.79 Å². The first-order chi connectivity index (χ1) is 35.9. The van der Waals surface area contributed by atoms with Gasteiger partial charge in [0.05, 0.1) is 35.6 Å². The number of hydrogen-bond donors (Lipinski definition) is 4. The highest BCUT2D eigenvalue weighted by atomic mass is 16.5.